The molecule has 1 aromatic rings. The zero-order valence-corrected chi connectivity index (χ0v) is 13.2. The van der Waals surface area contributed by atoms with Gasteiger partial charge in [0.1, 0.15) is 0 Å². The third-order valence-electron chi connectivity index (χ3n) is 3.45. The minimum Gasteiger partial charge on any atom is -0.382 e. The highest BCUT2D eigenvalue weighted by atomic mass is 16.5. The average Bonchev–Trinajstić information content (AvgIpc) is 2.49. The fraction of sp³-hybridized carbons (Fsp3) is 0.625. The monoisotopic (exact) mass is 280 g/mol. The zero-order chi connectivity index (χ0) is 14.8. The van der Waals surface area contributed by atoms with Gasteiger partial charge in [0.25, 0.3) is 0 Å². The van der Waals surface area contributed by atoms with Crippen LogP contribution in [0.3, 0.4) is 0 Å². The smallest absolute Gasteiger partial charge is 0.0928 e. The van der Waals surface area contributed by atoms with Crippen molar-refractivity contribution < 1.29 is 9.47 Å². The van der Waals surface area contributed by atoms with Gasteiger partial charge in [-0.1, -0.05) is 12.1 Å². The van der Waals surface area contributed by atoms with Crippen LogP contribution < -0.4 is 10.2 Å². The number of hydrogen-bond donors (Lipinski definition) is 1. The van der Waals surface area contributed by atoms with Crippen molar-refractivity contribution in [2.24, 2.45) is 0 Å². The zero-order valence-electron chi connectivity index (χ0n) is 13.2. The van der Waals surface area contributed by atoms with Gasteiger partial charge in [0, 0.05) is 46.1 Å². The summed E-state index contributed by atoms with van der Waals surface area (Å²) in [7, 11) is 3.40. The lowest BCUT2D eigenvalue weighted by Crippen LogP contribution is -2.31. The van der Waals surface area contributed by atoms with Gasteiger partial charge in [-0.15, -0.1) is 0 Å². The Balaban J connectivity index is 2.41. The number of anilines is 1. The van der Waals surface area contributed by atoms with Crippen molar-refractivity contribution in [2.45, 2.75) is 26.5 Å². The van der Waals surface area contributed by atoms with Crippen LogP contribution in [-0.4, -0.2) is 46.6 Å². The Bertz CT molecular complexity index is 350. The van der Waals surface area contributed by atoms with Crippen LogP contribution in [0.15, 0.2) is 24.3 Å². The molecule has 0 heterocycles. The minimum absolute atomic E-state index is 0.106. The molecule has 0 saturated carbocycles. The van der Waals surface area contributed by atoms with Gasteiger partial charge in [0.05, 0.1) is 12.7 Å². The number of ether oxygens (including phenoxy) is 2. The maximum absolute atomic E-state index is 5.31. The number of hydrogen-bond acceptors (Lipinski definition) is 4. The predicted octanol–water partition coefficient (Wildman–Crippen LogP) is 2.28. The van der Waals surface area contributed by atoms with Crippen molar-refractivity contribution in [3.63, 3.8) is 0 Å². The van der Waals surface area contributed by atoms with Gasteiger partial charge in [-0.05, 0) is 31.5 Å². The number of nitrogens with one attached hydrogen (secondary N) is 1. The van der Waals surface area contributed by atoms with Gasteiger partial charge < -0.3 is 19.7 Å². The first-order chi connectivity index (χ1) is 9.74. The van der Waals surface area contributed by atoms with E-state index in [1.165, 1.54) is 11.3 Å². The van der Waals surface area contributed by atoms with E-state index < -0.39 is 0 Å². The van der Waals surface area contributed by atoms with Crippen LogP contribution in [0.4, 0.5) is 5.69 Å². The van der Waals surface area contributed by atoms with Gasteiger partial charge in [-0.25, -0.2) is 0 Å². The molecule has 1 atom stereocenters. The summed E-state index contributed by atoms with van der Waals surface area (Å²) in [6.07, 6.45) is 0.106. The molecule has 1 rings (SSSR count). The quantitative estimate of drug-likeness (QED) is 0.713. The number of methoxy groups -OCH3 is 2. The Morgan fingerprint density at radius 1 is 1.10 bits per heavy atom. The standard InChI is InChI=1S/C16H28N2O2/c1-5-18(6-2)15-9-7-14(8-10-15)11-17-12-16(20-4)13-19-3/h7-10,16-17H,5-6,11-13H2,1-4H3. The molecule has 0 aromatic heterocycles. The van der Waals surface area contributed by atoms with E-state index in [1.54, 1.807) is 14.2 Å². The summed E-state index contributed by atoms with van der Waals surface area (Å²) in [5, 5.41) is 3.40. The van der Waals surface area contributed by atoms with Gasteiger partial charge in [0.15, 0.2) is 0 Å². The lowest BCUT2D eigenvalue weighted by Gasteiger charge is -2.21. The van der Waals surface area contributed by atoms with Crippen LogP contribution in [0.1, 0.15) is 19.4 Å². The van der Waals surface area contributed by atoms with E-state index in [0.717, 1.165) is 26.2 Å². The molecule has 1 unspecified atom stereocenters. The lowest BCUT2D eigenvalue weighted by atomic mass is 10.2. The molecule has 4 heteroatoms. The first-order valence-corrected chi connectivity index (χ1v) is 7.31. The first kappa shape index (κ1) is 17.0. The third kappa shape index (κ3) is 5.49. The second-order valence-electron chi connectivity index (χ2n) is 4.78. The van der Waals surface area contributed by atoms with E-state index in [0.29, 0.717) is 6.61 Å². The molecule has 20 heavy (non-hydrogen) atoms. The van der Waals surface area contributed by atoms with Crippen LogP contribution in [0.5, 0.6) is 0 Å². The predicted molar refractivity (Wildman–Crippen MR) is 84.4 cm³/mol. The molecule has 0 aliphatic heterocycles. The highest BCUT2D eigenvalue weighted by Gasteiger charge is 2.06. The molecule has 4 nitrogen and oxygen atoms in total. The molecule has 0 saturated heterocycles. The van der Waals surface area contributed by atoms with Crippen LogP contribution in [0.2, 0.25) is 0 Å². The van der Waals surface area contributed by atoms with Gasteiger partial charge >= 0.3 is 0 Å². The Kier molecular flexibility index (Phi) is 8.26. The molecule has 1 aromatic carbocycles. The van der Waals surface area contributed by atoms with Gasteiger partial charge in [0.2, 0.25) is 0 Å². The highest BCUT2D eigenvalue weighted by Crippen LogP contribution is 2.14. The average molecular weight is 280 g/mol. The topological polar surface area (TPSA) is 33.7 Å². The third-order valence-corrected chi connectivity index (χ3v) is 3.45. The normalized spacial score (nSPS) is 12.4. The van der Waals surface area contributed by atoms with E-state index in [-0.39, 0.29) is 6.10 Å². The van der Waals surface area contributed by atoms with E-state index in [2.05, 4.69) is 48.3 Å². The highest BCUT2D eigenvalue weighted by molar-refractivity contribution is 5.47. The summed E-state index contributed by atoms with van der Waals surface area (Å²) in [6, 6.07) is 8.73. The Morgan fingerprint density at radius 3 is 2.25 bits per heavy atom. The van der Waals surface area contributed by atoms with E-state index in [4.69, 9.17) is 9.47 Å². The molecule has 0 spiro atoms. The molecular weight excluding hydrogens is 252 g/mol. The molecular formula is C16H28N2O2. The van der Waals surface area contributed by atoms with Crippen molar-refractivity contribution in [2.75, 3.05) is 45.4 Å². The van der Waals surface area contributed by atoms with Crippen molar-refractivity contribution in [3.8, 4) is 0 Å². The largest absolute Gasteiger partial charge is 0.382 e. The summed E-state index contributed by atoms with van der Waals surface area (Å²) >= 11 is 0. The first-order valence-electron chi connectivity index (χ1n) is 7.31. The lowest BCUT2D eigenvalue weighted by molar-refractivity contribution is 0.0288. The summed E-state index contributed by atoms with van der Waals surface area (Å²) in [4.78, 5) is 2.34. The maximum atomic E-state index is 5.31. The second kappa shape index (κ2) is 9.75. The summed E-state index contributed by atoms with van der Waals surface area (Å²) < 4.78 is 10.4. The summed E-state index contributed by atoms with van der Waals surface area (Å²) in [5.74, 6) is 0. The van der Waals surface area contributed by atoms with Crippen LogP contribution in [-0.2, 0) is 16.0 Å². The minimum atomic E-state index is 0.106. The molecule has 0 amide bonds. The molecule has 0 radical (unpaired) electrons. The van der Waals surface area contributed by atoms with Crippen molar-refractivity contribution in [1.82, 2.24) is 5.32 Å². The molecule has 0 fully saturated rings. The fourth-order valence-electron chi connectivity index (χ4n) is 2.19. The molecule has 114 valence electrons. The Hall–Kier alpha value is -1.10. The van der Waals surface area contributed by atoms with Crippen molar-refractivity contribution >= 4 is 5.69 Å². The van der Waals surface area contributed by atoms with Crippen LogP contribution in [0, 0.1) is 0 Å². The number of nitrogens with zero attached hydrogens (tertiary/aromatic N) is 1. The van der Waals surface area contributed by atoms with E-state index in [1.807, 2.05) is 0 Å². The number of rotatable bonds is 10. The van der Waals surface area contributed by atoms with Gasteiger partial charge in [-0.3, -0.25) is 0 Å². The van der Waals surface area contributed by atoms with Crippen molar-refractivity contribution in [3.05, 3.63) is 29.8 Å². The molecule has 0 aliphatic carbocycles. The van der Waals surface area contributed by atoms with E-state index in [9.17, 15) is 0 Å². The number of benzene rings is 1. The maximum Gasteiger partial charge on any atom is 0.0928 e. The SMILES string of the molecule is CCN(CC)c1ccc(CNCC(COC)OC)cc1. The summed E-state index contributed by atoms with van der Waals surface area (Å²) in [6.45, 7) is 8.70. The second-order valence-corrected chi connectivity index (χ2v) is 4.78. The van der Waals surface area contributed by atoms with Gasteiger partial charge in [-0.2, -0.15) is 0 Å². The Morgan fingerprint density at radius 2 is 1.75 bits per heavy atom. The summed E-state index contributed by atoms with van der Waals surface area (Å²) in [5.41, 5.74) is 2.57. The molecule has 1 N–H and O–H groups in total. The molecule has 0 bridgehead atoms. The van der Waals surface area contributed by atoms with Crippen LogP contribution in [0.25, 0.3) is 0 Å². The van der Waals surface area contributed by atoms with E-state index >= 15 is 0 Å². The fourth-order valence-corrected chi connectivity index (χ4v) is 2.19. The van der Waals surface area contributed by atoms with Crippen LogP contribution >= 0.6 is 0 Å². The molecule has 0 aliphatic rings. The van der Waals surface area contributed by atoms with Crippen molar-refractivity contribution in [1.29, 1.82) is 0 Å². The Labute approximate surface area is 123 Å².